The number of benzene rings is 1. The molecular formula is C18H25N3O3. The molecule has 1 spiro atoms. The third kappa shape index (κ3) is 3.53. The summed E-state index contributed by atoms with van der Waals surface area (Å²) in [4.78, 5) is 29.6. The summed E-state index contributed by atoms with van der Waals surface area (Å²) < 4.78 is 5.93. The Balaban J connectivity index is 1.63. The Morgan fingerprint density at radius 3 is 2.50 bits per heavy atom. The van der Waals surface area contributed by atoms with Crippen LogP contribution in [0.2, 0.25) is 0 Å². The summed E-state index contributed by atoms with van der Waals surface area (Å²) in [5, 5.41) is 0. The van der Waals surface area contributed by atoms with E-state index in [4.69, 9.17) is 4.74 Å². The maximum Gasteiger partial charge on any atom is 0.319 e. The molecule has 0 N–H and O–H groups in total. The molecule has 24 heavy (non-hydrogen) atoms. The minimum absolute atomic E-state index is 0.0382. The summed E-state index contributed by atoms with van der Waals surface area (Å²) in [5.41, 5.74) is 0.814. The molecule has 0 aliphatic carbocycles. The normalized spacial score (nSPS) is 20.3. The van der Waals surface area contributed by atoms with Crippen LogP contribution in [0.3, 0.4) is 0 Å². The predicted molar refractivity (Wildman–Crippen MR) is 90.4 cm³/mol. The third-order valence-corrected chi connectivity index (χ3v) is 4.88. The average Bonchev–Trinajstić information content (AvgIpc) is 2.59. The van der Waals surface area contributed by atoms with E-state index in [0.29, 0.717) is 26.2 Å². The Labute approximate surface area is 143 Å². The standard InChI is InChI=1S/C18H25N3O3/c1-19(2)17(23)20-10-8-18(9-11-20)14-21(16(22)13-24-18)12-15-6-4-3-5-7-15/h3-7H,8-14H2,1-2H3. The van der Waals surface area contributed by atoms with Gasteiger partial charge in [-0.3, -0.25) is 4.79 Å². The van der Waals surface area contributed by atoms with Crippen molar-refractivity contribution in [3.63, 3.8) is 0 Å². The van der Waals surface area contributed by atoms with Crippen LogP contribution in [-0.2, 0) is 16.1 Å². The van der Waals surface area contributed by atoms with Gasteiger partial charge in [0.15, 0.2) is 0 Å². The van der Waals surface area contributed by atoms with Gasteiger partial charge in [0, 0.05) is 33.7 Å². The molecule has 0 saturated carbocycles. The molecule has 0 radical (unpaired) electrons. The molecule has 2 fully saturated rings. The lowest BCUT2D eigenvalue weighted by Crippen LogP contribution is -2.59. The number of urea groups is 1. The minimum Gasteiger partial charge on any atom is -0.363 e. The number of amides is 3. The van der Waals surface area contributed by atoms with Gasteiger partial charge in [0.2, 0.25) is 5.91 Å². The summed E-state index contributed by atoms with van der Waals surface area (Å²) in [6.45, 7) is 2.69. The molecule has 3 amide bonds. The molecule has 2 aliphatic heterocycles. The molecule has 130 valence electrons. The van der Waals surface area contributed by atoms with Crippen molar-refractivity contribution in [1.82, 2.24) is 14.7 Å². The highest BCUT2D eigenvalue weighted by Gasteiger charge is 2.43. The molecule has 3 rings (SSSR count). The van der Waals surface area contributed by atoms with E-state index >= 15 is 0 Å². The maximum atomic E-state index is 12.2. The second-order valence-corrected chi connectivity index (χ2v) is 6.87. The first-order valence-corrected chi connectivity index (χ1v) is 8.41. The predicted octanol–water partition coefficient (Wildman–Crippen LogP) is 1.56. The van der Waals surface area contributed by atoms with E-state index in [0.717, 1.165) is 18.4 Å². The van der Waals surface area contributed by atoms with Gasteiger partial charge in [0.1, 0.15) is 6.61 Å². The SMILES string of the molecule is CN(C)C(=O)N1CCC2(CC1)CN(Cc1ccccc1)C(=O)CO2. The van der Waals surface area contributed by atoms with Gasteiger partial charge in [-0.1, -0.05) is 30.3 Å². The first-order valence-electron chi connectivity index (χ1n) is 8.41. The van der Waals surface area contributed by atoms with Crippen LogP contribution >= 0.6 is 0 Å². The molecule has 0 unspecified atom stereocenters. The van der Waals surface area contributed by atoms with E-state index in [1.165, 1.54) is 0 Å². The number of carbonyl (C=O) groups is 2. The second kappa shape index (κ2) is 6.81. The maximum absolute atomic E-state index is 12.2. The van der Waals surface area contributed by atoms with Crippen molar-refractivity contribution < 1.29 is 14.3 Å². The van der Waals surface area contributed by atoms with Crippen molar-refractivity contribution in [2.75, 3.05) is 40.3 Å². The number of morpholine rings is 1. The van der Waals surface area contributed by atoms with Gasteiger partial charge in [-0.2, -0.15) is 0 Å². The van der Waals surface area contributed by atoms with Gasteiger partial charge in [-0.05, 0) is 18.4 Å². The summed E-state index contributed by atoms with van der Waals surface area (Å²) >= 11 is 0. The fraction of sp³-hybridized carbons (Fsp3) is 0.556. The number of hydrogen-bond acceptors (Lipinski definition) is 3. The highest BCUT2D eigenvalue weighted by Crippen LogP contribution is 2.31. The van der Waals surface area contributed by atoms with E-state index < -0.39 is 0 Å². The zero-order chi connectivity index (χ0) is 17.2. The van der Waals surface area contributed by atoms with Crippen LogP contribution in [0, 0.1) is 0 Å². The zero-order valence-corrected chi connectivity index (χ0v) is 14.4. The Hall–Kier alpha value is -2.08. The number of piperidine rings is 1. The fourth-order valence-electron chi connectivity index (χ4n) is 3.43. The van der Waals surface area contributed by atoms with Crippen molar-refractivity contribution in [3.05, 3.63) is 35.9 Å². The van der Waals surface area contributed by atoms with Gasteiger partial charge in [-0.25, -0.2) is 4.79 Å². The first kappa shape index (κ1) is 16.8. The van der Waals surface area contributed by atoms with Gasteiger partial charge < -0.3 is 19.4 Å². The number of ether oxygens (including phenoxy) is 1. The molecule has 2 heterocycles. The summed E-state index contributed by atoms with van der Waals surface area (Å²) in [5.74, 6) is 0.0382. The van der Waals surface area contributed by atoms with Crippen LogP contribution in [0.15, 0.2) is 30.3 Å². The quantitative estimate of drug-likeness (QED) is 0.826. The molecule has 6 heteroatoms. The van der Waals surface area contributed by atoms with Gasteiger partial charge >= 0.3 is 6.03 Å². The number of likely N-dealkylation sites (tertiary alicyclic amines) is 1. The molecule has 1 aromatic rings. The van der Waals surface area contributed by atoms with Gasteiger partial charge in [0.05, 0.1) is 12.1 Å². The van der Waals surface area contributed by atoms with Gasteiger partial charge in [-0.15, -0.1) is 0 Å². The van der Waals surface area contributed by atoms with Crippen molar-refractivity contribution >= 4 is 11.9 Å². The Kier molecular flexibility index (Phi) is 4.76. The first-order chi connectivity index (χ1) is 11.5. The van der Waals surface area contributed by atoms with Crippen molar-refractivity contribution in [1.29, 1.82) is 0 Å². The summed E-state index contributed by atoms with van der Waals surface area (Å²) in [6.07, 6.45) is 1.54. The number of hydrogen-bond donors (Lipinski definition) is 0. The molecule has 1 aromatic carbocycles. The Morgan fingerprint density at radius 1 is 1.21 bits per heavy atom. The number of rotatable bonds is 2. The monoisotopic (exact) mass is 331 g/mol. The second-order valence-electron chi connectivity index (χ2n) is 6.87. The van der Waals surface area contributed by atoms with Crippen molar-refractivity contribution in [2.24, 2.45) is 0 Å². The Bertz CT molecular complexity index is 595. The molecule has 6 nitrogen and oxygen atoms in total. The van der Waals surface area contributed by atoms with E-state index in [9.17, 15) is 9.59 Å². The minimum atomic E-state index is -0.314. The molecule has 0 atom stereocenters. The highest BCUT2D eigenvalue weighted by atomic mass is 16.5. The van der Waals surface area contributed by atoms with E-state index in [1.54, 1.807) is 19.0 Å². The van der Waals surface area contributed by atoms with Crippen LogP contribution in [0.25, 0.3) is 0 Å². The lowest BCUT2D eigenvalue weighted by molar-refractivity contribution is -0.171. The van der Waals surface area contributed by atoms with Crippen LogP contribution in [-0.4, -0.2) is 72.6 Å². The van der Waals surface area contributed by atoms with Crippen LogP contribution < -0.4 is 0 Å². The van der Waals surface area contributed by atoms with Crippen molar-refractivity contribution in [2.45, 2.75) is 25.0 Å². The topological polar surface area (TPSA) is 53.1 Å². The third-order valence-electron chi connectivity index (χ3n) is 4.88. The molecule has 2 aliphatic rings. The molecule has 0 bridgehead atoms. The molecule has 2 saturated heterocycles. The summed E-state index contributed by atoms with van der Waals surface area (Å²) in [6, 6.07) is 10.1. The largest absolute Gasteiger partial charge is 0.363 e. The van der Waals surface area contributed by atoms with Crippen LogP contribution in [0.5, 0.6) is 0 Å². The lowest BCUT2D eigenvalue weighted by atomic mass is 9.89. The van der Waals surface area contributed by atoms with Crippen LogP contribution in [0.4, 0.5) is 4.79 Å². The number of nitrogens with zero attached hydrogens (tertiary/aromatic N) is 3. The van der Waals surface area contributed by atoms with Crippen LogP contribution in [0.1, 0.15) is 18.4 Å². The van der Waals surface area contributed by atoms with Crippen molar-refractivity contribution in [3.8, 4) is 0 Å². The average molecular weight is 331 g/mol. The van der Waals surface area contributed by atoms with E-state index in [-0.39, 0.29) is 24.1 Å². The zero-order valence-electron chi connectivity index (χ0n) is 14.4. The lowest BCUT2D eigenvalue weighted by Gasteiger charge is -2.47. The fourth-order valence-corrected chi connectivity index (χ4v) is 3.43. The smallest absolute Gasteiger partial charge is 0.319 e. The Morgan fingerprint density at radius 2 is 1.88 bits per heavy atom. The molecular weight excluding hydrogens is 306 g/mol. The molecule has 0 aromatic heterocycles. The highest BCUT2D eigenvalue weighted by molar-refractivity contribution is 5.78. The van der Waals surface area contributed by atoms with E-state index in [1.807, 2.05) is 40.1 Å². The number of carbonyl (C=O) groups excluding carboxylic acids is 2. The summed E-state index contributed by atoms with van der Waals surface area (Å²) in [7, 11) is 3.54. The van der Waals surface area contributed by atoms with Gasteiger partial charge in [0.25, 0.3) is 0 Å². The van der Waals surface area contributed by atoms with E-state index in [2.05, 4.69) is 0 Å².